The maximum absolute atomic E-state index is 13.3. The van der Waals surface area contributed by atoms with E-state index in [1.807, 2.05) is 29.2 Å². The van der Waals surface area contributed by atoms with Crippen LogP contribution in [0, 0.1) is 0 Å². The zero-order valence-electron chi connectivity index (χ0n) is 16.6. The highest BCUT2D eigenvalue weighted by atomic mass is 79.9. The number of nitrogens with zero attached hydrogens (tertiary/aromatic N) is 2. The average molecular weight is 485 g/mol. The summed E-state index contributed by atoms with van der Waals surface area (Å²) in [7, 11) is -3.02. The van der Waals surface area contributed by atoms with E-state index in [1.165, 1.54) is 0 Å². The zero-order valence-corrected chi connectivity index (χ0v) is 19.0. The molecule has 160 valence electrons. The predicted octanol–water partition coefficient (Wildman–Crippen LogP) is 2.78. The van der Waals surface area contributed by atoms with Crippen LogP contribution in [0.15, 0.2) is 28.7 Å². The summed E-state index contributed by atoms with van der Waals surface area (Å²) in [5.74, 6) is 0.410. The first-order valence-corrected chi connectivity index (χ1v) is 13.1. The smallest absolute Gasteiger partial charge is 0.237 e. The van der Waals surface area contributed by atoms with E-state index in [9.17, 15) is 13.2 Å². The van der Waals surface area contributed by atoms with Crippen molar-refractivity contribution in [3.63, 3.8) is 0 Å². The lowest BCUT2D eigenvalue weighted by Gasteiger charge is -2.38. The summed E-state index contributed by atoms with van der Waals surface area (Å²) in [5.41, 5.74) is 1.11. The minimum Gasteiger partial charge on any atom is -0.371 e. The van der Waals surface area contributed by atoms with E-state index in [1.54, 1.807) is 0 Å². The Morgan fingerprint density at radius 3 is 2.52 bits per heavy atom. The molecule has 8 heteroatoms. The van der Waals surface area contributed by atoms with Crippen molar-refractivity contribution in [1.29, 1.82) is 0 Å². The fraction of sp³-hybridized carbons (Fsp3) is 0.667. The molecular weight excluding hydrogens is 456 g/mol. The van der Waals surface area contributed by atoms with Gasteiger partial charge in [-0.1, -0.05) is 40.9 Å². The van der Waals surface area contributed by atoms with E-state index in [2.05, 4.69) is 20.8 Å². The van der Waals surface area contributed by atoms with Gasteiger partial charge in [0.25, 0.3) is 0 Å². The summed E-state index contributed by atoms with van der Waals surface area (Å²) >= 11 is 3.46. The van der Waals surface area contributed by atoms with E-state index in [-0.39, 0.29) is 35.6 Å². The van der Waals surface area contributed by atoms with Crippen molar-refractivity contribution in [3.05, 3.63) is 34.3 Å². The largest absolute Gasteiger partial charge is 0.371 e. The van der Waals surface area contributed by atoms with Gasteiger partial charge in [0.2, 0.25) is 5.91 Å². The van der Waals surface area contributed by atoms with Crippen LogP contribution in [0.4, 0.5) is 0 Å². The molecule has 0 spiro atoms. The van der Waals surface area contributed by atoms with Crippen LogP contribution in [0.25, 0.3) is 0 Å². The van der Waals surface area contributed by atoms with Gasteiger partial charge < -0.3 is 9.64 Å². The van der Waals surface area contributed by atoms with Crippen molar-refractivity contribution in [2.24, 2.45) is 0 Å². The molecule has 0 N–H and O–H groups in total. The van der Waals surface area contributed by atoms with E-state index in [4.69, 9.17) is 4.74 Å². The second-order valence-electron chi connectivity index (χ2n) is 8.44. The number of benzene rings is 1. The SMILES string of the molecule is O=C(CN1CCOC(c2ccc(Br)cc2)C1)N(C1CCCC1)C1CCS(=O)(=O)C1. The summed E-state index contributed by atoms with van der Waals surface area (Å²) in [4.78, 5) is 17.4. The van der Waals surface area contributed by atoms with E-state index in [0.29, 0.717) is 26.1 Å². The average Bonchev–Trinajstić information content (AvgIpc) is 3.33. The number of halogens is 1. The van der Waals surface area contributed by atoms with Gasteiger partial charge in [-0.15, -0.1) is 0 Å². The van der Waals surface area contributed by atoms with Crippen molar-refractivity contribution in [3.8, 4) is 0 Å². The Kier molecular flexibility index (Phi) is 6.63. The molecule has 1 aromatic carbocycles. The molecule has 1 aromatic rings. The summed E-state index contributed by atoms with van der Waals surface area (Å²) in [6.45, 7) is 2.33. The summed E-state index contributed by atoms with van der Waals surface area (Å²) in [6.07, 6.45) is 4.76. The highest BCUT2D eigenvalue weighted by molar-refractivity contribution is 9.10. The molecule has 3 fully saturated rings. The third kappa shape index (κ3) is 5.21. The second kappa shape index (κ2) is 9.04. The number of carbonyl (C=O) groups excluding carboxylic acids is 1. The Labute approximate surface area is 181 Å². The monoisotopic (exact) mass is 484 g/mol. The molecule has 2 heterocycles. The van der Waals surface area contributed by atoms with Gasteiger partial charge in [0.05, 0.1) is 30.8 Å². The van der Waals surface area contributed by atoms with Gasteiger partial charge in [-0.2, -0.15) is 0 Å². The molecule has 2 atom stereocenters. The molecule has 1 aliphatic carbocycles. The van der Waals surface area contributed by atoms with E-state index >= 15 is 0 Å². The standard InChI is InChI=1S/C21H29BrN2O4S/c22-17-7-5-16(6-8-17)20-13-23(10-11-28-20)14-21(25)24(18-3-1-2-4-18)19-9-12-29(26,27)15-19/h5-8,18-20H,1-4,9-15H2. The molecule has 1 amide bonds. The van der Waals surface area contributed by atoms with Crippen LogP contribution in [0.3, 0.4) is 0 Å². The number of ether oxygens (including phenoxy) is 1. The van der Waals surface area contributed by atoms with Crippen molar-refractivity contribution >= 4 is 31.7 Å². The van der Waals surface area contributed by atoms with Crippen molar-refractivity contribution in [2.75, 3.05) is 37.7 Å². The fourth-order valence-electron chi connectivity index (χ4n) is 4.88. The number of morpholine rings is 1. The quantitative estimate of drug-likeness (QED) is 0.642. The lowest BCUT2D eigenvalue weighted by molar-refractivity contribution is -0.139. The number of carbonyl (C=O) groups is 1. The van der Waals surface area contributed by atoms with Gasteiger partial charge in [-0.3, -0.25) is 9.69 Å². The van der Waals surface area contributed by atoms with Crippen LogP contribution in [0.1, 0.15) is 43.8 Å². The zero-order chi connectivity index (χ0) is 20.4. The fourth-order valence-corrected chi connectivity index (χ4v) is 6.86. The number of amides is 1. The minimum absolute atomic E-state index is 0.0450. The van der Waals surface area contributed by atoms with E-state index in [0.717, 1.165) is 42.3 Å². The molecule has 4 rings (SSSR count). The molecule has 0 bridgehead atoms. The van der Waals surface area contributed by atoms with Crippen LogP contribution in [0.5, 0.6) is 0 Å². The van der Waals surface area contributed by atoms with Crippen LogP contribution in [-0.2, 0) is 19.4 Å². The Bertz CT molecular complexity index is 824. The molecule has 0 radical (unpaired) electrons. The Balaban J connectivity index is 1.43. The topological polar surface area (TPSA) is 66.9 Å². The van der Waals surface area contributed by atoms with Gasteiger partial charge in [0, 0.05) is 29.6 Å². The number of hydrogen-bond acceptors (Lipinski definition) is 5. The molecular formula is C21H29BrN2O4S. The lowest BCUT2D eigenvalue weighted by Crippen LogP contribution is -2.52. The second-order valence-corrected chi connectivity index (χ2v) is 11.6. The van der Waals surface area contributed by atoms with Crippen LogP contribution < -0.4 is 0 Å². The van der Waals surface area contributed by atoms with Gasteiger partial charge in [-0.25, -0.2) is 8.42 Å². The maximum Gasteiger partial charge on any atom is 0.237 e. The molecule has 1 saturated carbocycles. The van der Waals surface area contributed by atoms with Gasteiger partial charge >= 0.3 is 0 Å². The first-order valence-electron chi connectivity index (χ1n) is 10.5. The van der Waals surface area contributed by atoms with Crippen molar-refractivity contribution in [1.82, 2.24) is 9.80 Å². The highest BCUT2D eigenvalue weighted by Gasteiger charge is 2.39. The summed E-state index contributed by atoms with van der Waals surface area (Å²) < 4.78 is 31.0. The number of sulfone groups is 1. The van der Waals surface area contributed by atoms with Gasteiger partial charge in [-0.05, 0) is 37.0 Å². The summed E-state index contributed by atoms with van der Waals surface area (Å²) in [5, 5.41) is 0. The number of rotatable bonds is 5. The highest BCUT2D eigenvalue weighted by Crippen LogP contribution is 2.30. The molecule has 2 saturated heterocycles. The number of hydrogen-bond donors (Lipinski definition) is 0. The normalized spacial score (nSPS) is 27.9. The first kappa shape index (κ1) is 21.3. The first-order chi connectivity index (χ1) is 13.9. The van der Waals surface area contributed by atoms with Crippen LogP contribution in [-0.4, -0.2) is 74.0 Å². The van der Waals surface area contributed by atoms with Gasteiger partial charge in [0.1, 0.15) is 0 Å². The third-order valence-corrected chi connectivity index (χ3v) is 8.64. The molecule has 29 heavy (non-hydrogen) atoms. The Morgan fingerprint density at radius 1 is 1.14 bits per heavy atom. The van der Waals surface area contributed by atoms with Crippen molar-refractivity contribution in [2.45, 2.75) is 50.3 Å². The van der Waals surface area contributed by atoms with Gasteiger partial charge in [0.15, 0.2) is 9.84 Å². The van der Waals surface area contributed by atoms with Crippen LogP contribution in [0.2, 0.25) is 0 Å². The van der Waals surface area contributed by atoms with E-state index < -0.39 is 9.84 Å². The Morgan fingerprint density at radius 2 is 1.86 bits per heavy atom. The molecule has 2 aliphatic heterocycles. The maximum atomic E-state index is 13.3. The molecule has 0 aromatic heterocycles. The molecule has 6 nitrogen and oxygen atoms in total. The summed E-state index contributed by atoms with van der Waals surface area (Å²) in [6, 6.07) is 8.15. The minimum atomic E-state index is -3.02. The third-order valence-electron chi connectivity index (χ3n) is 6.36. The van der Waals surface area contributed by atoms with Crippen LogP contribution >= 0.6 is 15.9 Å². The lowest BCUT2D eigenvalue weighted by atomic mass is 10.1. The van der Waals surface area contributed by atoms with Crippen molar-refractivity contribution < 1.29 is 17.9 Å². The molecule has 3 aliphatic rings. The Hall–Kier alpha value is -0.960. The predicted molar refractivity (Wildman–Crippen MR) is 115 cm³/mol. The molecule has 2 unspecified atom stereocenters.